The second-order valence-electron chi connectivity index (χ2n) is 4.54. The highest BCUT2D eigenvalue weighted by Gasteiger charge is 2.15. The van der Waals surface area contributed by atoms with Gasteiger partial charge in [0.05, 0.1) is 0 Å². The lowest BCUT2D eigenvalue weighted by Crippen LogP contribution is -2.14. The fraction of sp³-hybridized carbons (Fsp3) is 0.231. The first kappa shape index (κ1) is 15.9. The van der Waals surface area contributed by atoms with Crippen LogP contribution in [0.1, 0.15) is 35.8 Å². The minimum absolute atomic E-state index is 0.0672. The van der Waals surface area contributed by atoms with E-state index < -0.39 is 5.91 Å². The number of hydrogen-bond donors (Lipinski definition) is 1. The summed E-state index contributed by atoms with van der Waals surface area (Å²) in [4.78, 5) is 24.0. The Bertz CT molecular complexity index is 691. The molecule has 110 valence electrons. The van der Waals surface area contributed by atoms with Crippen molar-refractivity contribution >= 4 is 46.5 Å². The van der Waals surface area contributed by atoms with Crippen molar-refractivity contribution in [1.29, 1.82) is 0 Å². The third-order valence-electron chi connectivity index (χ3n) is 2.65. The lowest BCUT2D eigenvalue weighted by molar-refractivity contribution is 0.102. The quantitative estimate of drug-likeness (QED) is 0.668. The van der Waals surface area contributed by atoms with Gasteiger partial charge in [-0.3, -0.25) is 4.79 Å². The fourth-order valence-electron chi connectivity index (χ4n) is 1.56. The fourth-order valence-corrected chi connectivity index (χ4v) is 2.05. The van der Waals surface area contributed by atoms with Crippen molar-refractivity contribution in [1.82, 2.24) is 15.0 Å². The highest BCUT2D eigenvalue weighted by atomic mass is 35.5. The number of aromatic nitrogens is 3. The summed E-state index contributed by atoms with van der Waals surface area (Å²) in [5, 5.41) is 2.96. The Morgan fingerprint density at radius 1 is 1.19 bits per heavy atom. The van der Waals surface area contributed by atoms with Crippen LogP contribution in [0.2, 0.25) is 15.3 Å². The van der Waals surface area contributed by atoms with Gasteiger partial charge in [-0.15, -0.1) is 0 Å². The van der Waals surface area contributed by atoms with Crippen molar-refractivity contribution in [2.75, 3.05) is 5.32 Å². The second-order valence-corrected chi connectivity index (χ2v) is 5.66. The first-order valence-corrected chi connectivity index (χ1v) is 7.16. The zero-order valence-electron chi connectivity index (χ0n) is 11.2. The average Bonchev–Trinajstić information content (AvgIpc) is 2.43. The molecule has 0 spiro atoms. The van der Waals surface area contributed by atoms with E-state index in [9.17, 15) is 4.79 Å². The topological polar surface area (TPSA) is 67.8 Å². The Morgan fingerprint density at radius 3 is 2.57 bits per heavy atom. The van der Waals surface area contributed by atoms with E-state index in [0.29, 0.717) is 5.56 Å². The molecule has 1 N–H and O–H groups in total. The predicted molar refractivity (Wildman–Crippen MR) is 83.3 cm³/mol. The summed E-state index contributed by atoms with van der Waals surface area (Å²) in [6, 6.07) is 3.14. The molecule has 8 heteroatoms. The van der Waals surface area contributed by atoms with Crippen LogP contribution in [0.5, 0.6) is 0 Å². The minimum Gasteiger partial charge on any atom is -0.305 e. The van der Waals surface area contributed by atoms with E-state index in [-0.39, 0.29) is 27.1 Å². The van der Waals surface area contributed by atoms with Crippen LogP contribution in [0.15, 0.2) is 18.5 Å². The van der Waals surface area contributed by atoms with Gasteiger partial charge < -0.3 is 5.32 Å². The number of nitrogens with zero attached hydrogens (tertiary/aromatic N) is 3. The molecular weight excluding hydrogens is 335 g/mol. The van der Waals surface area contributed by atoms with Gasteiger partial charge in [-0.25, -0.2) is 15.0 Å². The predicted octanol–water partition coefficient (Wildman–Crippen LogP) is 4.21. The van der Waals surface area contributed by atoms with Crippen molar-refractivity contribution in [3.8, 4) is 0 Å². The molecule has 0 radical (unpaired) electrons. The highest BCUT2D eigenvalue weighted by Crippen LogP contribution is 2.26. The number of hydrogen-bond acceptors (Lipinski definition) is 4. The Hall–Kier alpha value is -1.43. The van der Waals surface area contributed by atoms with Gasteiger partial charge >= 0.3 is 0 Å². The number of pyridine rings is 1. The van der Waals surface area contributed by atoms with Crippen LogP contribution in [-0.4, -0.2) is 20.9 Å². The van der Waals surface area contributed by atoms with Gasteiger partial charge in [0.2, 0.25) is 0 Å². The van der Waals surface area contributed by atoms with Crippen molar-refractivity contribution in [3.05, 3.63) is 45.0 Å². The molecule has 0 atom stereocenters. The van der Waals surface area contributed by atoms with Gasteiger partial charge in [0, 0.05) is 11.3 Å². The van der Waals surface area contributed by atoms with E-state index in [4.69, 9.17) is 34.8 Å². The number of rotatable bonds is 3. The molecule has 0 fully saturated rings. The molecule has 2 rings (SSSR count). The van der Waals surface area contributed by atoms with Gasteiger partial charge in [0.15, 0.2) is 11.0 Å². The number of carbonyl (C=O) groups is 1. The van der Waals surface area contributed by atoms with Crippen molar-refractivity contribution in [3.63, 3.8) is 0 Å². The number of carbonyl (C=O) groups excluding carboxylic acids is 1. The van der Waals surface area contributed by atoms with E-state index in [1.54, 1.807) is 6.07 Å². The van der Waals surface area contributed by atoms with Gasteiger partial charge in [0.1, 0.15) is 16.5 Å². The average molecular weight is 346 g/mol. The molecular formula is C13H11Cl3N4O. The molecule has 0 unspecified atom stereocenters. The third-order valence-corrected chi connectivity index (χ3v) is 3.58. The molecule has 2 heterocycles. The SMILES string of the molecule is CC(C)c1cc(C(=O)Nc2ncnc(Cl)c2Cl)cc(Cl)n1. The Kier molecular flexibility index (Phi) is 4.98. The lowest BCUT2D eigenvalue weighted by atomic mass is 10.1. The van der Waals surface area contributed by atoms with Gasteiger partial charge in [-0.1, -0.05) is 48.7 Å². The summed E-state index contributed by atoms with van der Waals surface area (Å²) < 4.78 is 0. The van der Waals surface area contributed by atoms with E-state index in [0.717, 1.165) is 5.69 Å². The maximum absolute atomic E-state index is 12.2. The largest absolute Gasteiger partial charge is 0.305 e. The minimum atomic E-state index is -0.405. The lowest BCUT2D eigenvalue weighted by Gasteiger charge is -2.09. The summed E-state index contributed by atoms with van der Waals surface area (Å²) >= 11 is 17.6. The summed E-state index contributed by atoms with van der Waals surface area (Å²) in [5.74, 6) is -0.120. The van der Waals surface area contributed by atoms with E-state index in [1.165, 1.54) is 12.4 Å². The highest BCUT2D eigenvalue weighted by molar-refractivity contribution is 6.43. The van der Waals surface area contributed by atoms with Crippen LogP contribution in [0.4, 0.5) is 5.82 Å². The number of nitrogens with one attached hydrogen (secondary N) is 1. The van der Waals surface area contributed by atoms with E-state index >= 15 is 0 Å². The number of amides is 1. The molecule has 5 nitrogen and oxygen atoms in total. The molecule has 0 bridgehead atoms. The Balaban J connectivity index is 2.30. The summed E-state index contributed by atoms with van der Waals surface area (Å²) in [7, 11) is 0. The van der Waals surface area contributed by atoms with Crippen molar-refractivity contribution in [2.45, 2.75) is 19.8 Å². The Morgan fingerprint density at radius 2 is 1.90 bits per heavy atom. The van der Waals surface area contributed by atoms with Crippen LogP contribution >= 0.6 is 34.8 Å². The molecule has 2 aromatic heterocycles. The number of halogens is 3. The normalized spacial score (nSPS) is 10.8. The number of anilines is 1. The molecule has 2 aromatic rings. The van der Waals surface area contributed by atoms with Gasteiger partial charge in [0.25, 0.3) is 5.91 Å². The third kappa shape index (κ3) is 3.81. The summed E-state index contributed by atoms with van der Waals surface area (Å²) in [6.07, 6.45) is 1.21. The maximum Gasteiger partial charge on any atom is 0.257 e. The van der Waals surface area contributed by atoms with Gasteiger partial charge in [-0.2, -0.15) is 0 Å². The first-order valence-electron chi connectivity index (χ1n) is 6.03. The molecule has 0 saturated carbocycles. The molecule has 1 amide bonds. The smallest absolute Gasteiger partial charge is 0.257 e. The zero-order chi connectivity index (χ0) is 15.6. The van der Waals surface area contributed by atoms with Gasteiger partial charge in [-0.05, 0) is 18.1 Å². The molecule has 0 aliphatic heterocycles. The van der Waals surface area contributed by atoms with E-state index in [1.807, 2.05) is 13.8 Å². The van der Waals surface area contributed by atoms with E-state index in [2.05, 4.69) is 20.3 Å². The Labute approximate surface area is 136 Å². The first-order chi connectivity index (χ1) is 9.88. The second kappa shape index (κ2) is 6.56. The molecule has 0 aliphatic carbocycles. The standard InChI is InChI=1S/C13H11Cl3N4O/c1-6(2)8-3-7(4-9(14)19-8)13(21)20-12-10(15)11(16)17-5-18-12/h3-6H,1-2H3,(H,17,18,20,21). The van der Waals surface area contributed by atoms with Crippen LogP contribution in [0, 0.1) is 0 Å². The van der Waals surface area contributed by atoms with Crippen molar-refractivity contribution in [2.24, 2.45) is 0 Å². The van der Waals surface area contributed by atoms with Crippen LogP contribution in [0.25, 0.3) is 0 Å². The molecule has 21 heavy (non-hydrogen) atoms. The maximum atomic E-state index is 12.2. The van der Waals surface area contributed by atoms with Crippen LogP contribution in [0.3, 0.4) is 0 Å². The summed E-state index contributed by atoms with van der Waals surface area (Å²) in [5.41, 5.74) is 1.09. The molecule has 0 aromatic carbocycles. The molecule has 0 saturated heterocycles. The zero-order valence-corrected chi connectivity index (χ0v) is 13.5. The monoisotopic (exact) mass is 344 g/mol. The van der Waals surface area contributed by atoms with Crippen LogP contribution in [-0.2, 0) is 0 Å². The summed E-state index contributed by atoms with van der Waals surface area (Å²) in [6.45, 7) is 3.92. The van der Waals surface area contributed by atoms with Crippen molar-refractivity contribution < 1.29 is 4.79 Å². The molecule has 0 aliphatic rings. The van der Waals surface area contributed by atoms with Crippen LogP contribution < -0.4 is 5.32 Å².